The highest BCUT2D eigenvalue weighted by atomic mass is 16.5. The minimum absolute atomic E-state index is 0.103. The number of carbonyl (C=O) groups excluding carboxylic acids is 1. The number of ether oxygens (including phenoxy) is 3. The van der Waals surface area contributed by atoms with Crippen molar-refractivity contribution in [2.75, 3.05) is 65.8 Å². The van der Waals surface area contributed by atoms with Crippen molar-refractivity contribution in [2.24, 2.45) is 5.92 Å². The third-order valence-electron chi connectivity index (χ3n) is 5.23. The van der Waals surface area contributed by atoms with Gasteiger partial charge in [0.15, 0.2) is 0 Å². The molecule has 0 aromatic heterocycles. The van der Waals surface area contributed by atoms with Crippen LogP contribution in [0.5, 0.6) is 0 Å². The molecule has 0 aliphatic carbocycles. The fraction of sp³-hybridized carbons (Fsp3) is 0.941. The Bertz CT molecular complexity index is 400. The number of likely N-dealkylation sites (tertiary alicyclic amines) is 1. The fourth-order valence-electron chi connectivity index (χ4n) is 4.08. The van der Waals surface area contributed by atoms with Gasteiger partial charge in [-0.3, -0.25) is 9.69 Å². The van der Waals surface area contributed by atoms with Gasteiger partial charge >= 0.3 is 0 Å². The van der Waals surface area contributed by atoms with Gasteiger partial charge in [-0.25, -0.2) is 0 Å². The summed E-state index contributed by atoms with van der Waals surface area (Å²) in [6.45, 7) is 9.95. The Morgan fingerprint density at radius 2 is 2.13 bits per heavy atom. The predicted molar refractivity (Wildman–Crippen MR) is 86.4 cm³/mol. The van der Waals surface area contributed by atoms with Crippen LogP contribution < -0.4 is 0 Å². The summed E-state index contributed by atoms with van der Waals surface area (Å²) < 4.78 is 16.9. The second kappa shape index (κ2) is 7.92. The number of amides is 1. The summed E-state index contributed by atoms with van der Waals surface area (Å²) >= 11 is 0. The molecule has 1 amide bonds. The van der Waals surface area contributed by atoms with Gasteiger partial charge in [0, 0.05) is 39.3 Å². The Kier molecular flexibility index (Phi) is 5.91. The van der Waals surface area contributed by atoms with E-state index in [9.17, 15) is 4.79 Å². The van der Waals surface area contributed by atoms with Gasteiger partial charge < -0.3 is 19.1 Å². The second-order valence-corrected chi connectivity index (χ2v) is 7.03. The third kappa shape index (κ3) is 4.44. The van der Waals surface area contributed by atoms with Gasteiger partial charge in [-0.2, -0.15) is 0 Å². The summed E-state index contributed by atoms with van der Waals surface area (Å²) in [5, 5.41) is 0. The molecule has 6 heteroatoms. The van der Waals surface area contributed by atoms with Crippen LogP contribution in [0.1, 0.15) is 26.2 Å². The van der Waals surface area contributed by atoms with Gasteiger partial charge in [0.05, 0.1) is 25.4 Å². The van der Waals surface area contributed by atoms with E-state index in [-0.39, 0.29) is 18.1 Å². The number of carbonyl (C=O) groups is 1. The first kappa shape index (κ1) is 17.1. The molecule has 0 aromatic carbocycles. The van der Waals surface area contributed by atoms with E-state index >= 15 is 0 Å². The largest absolute Gasteiger partial charge is 0.379 e. The number of hydrogen-bond donors (Lipinski definition) is 0. The lowest BCUT2D eigenvalue weighted by Gasteiger charge is -2.40. The maximum atomic E-state index is 12.2. The van der Waals surface area contributed by atoms with E-state index in [1.807, 2.05) is 11.8 Å². The maximum Gasteiger partial charge on any atom is 0.248 e. The van der Waals surface area contributed by atoms with Crippen LogP contribution >= 0.6 is 0 Å². The van der Waals surface area contributed by atoms with E-state index in [1.54, 1.807) is 0 Å². The Labute approximate surface area is 139 Å². The van der Waals surface area contributed by atoms with Gasteiger partial charge in [-0.1, -0.05) is 0 Å². The molecule has 0 unspecified atom stereocenters. The van der Waals surface area contributed by atoms with Crippen LogP contribution in [0.25, 0.3) is 0 Å². The van der Waals surface area contributed by atoms with Crippen molar-refractivity contribution in [2.45, 2.75) is 31.8 Å². The molecule has 23 heavy (non-hydrogen) atoms. The molecule has 3 fully saturated rings. The van der Waals surface area contributed by atoms with Gasteiger partial charge in [-0.05, 0) is 32.1 Å². The summed E-state index contributed by atoms with van der Waals surface area (Å²) in [6, 6.07) is 0. The standard InChI is InChI=1S/C17H30N2O4/c1-2-21-13-16(20)19-5-3-4-17(14-19)10-15(12-23-17)11-18-6-8-22-9-7-18/h15H,2-14H2,1H3/t15-,17+/m1/s1. The molecule has 3 heterocycles. The number of hydrogen-bond acceptors (Lipinski definition) is 5. The van der Waals surface area contributed by atoms with Crippen LogP contribution in [0, 0.1) is 5.92 Å². The Morgan fingerprint density at radius 3 is 2.91 bits per heavy atom. The highest BCUT2D eigenvalue weighted by Gasteiger charge is 2.44. The molecule has 0 bridgehead atoms. The molecule has 6 nitrogen and oxygen atoms in total. The van der Waals surface area contributed by atoms with E-state index in [1.165, 1.54) is 0 Å². The van der Waals surface area contributed by atoms with Gasteiger partial charge in [-0.15, -0.1) is 0 Å². The average molecular weight is 326 g/mol. The molecule has 3 aliphatic heterocycles. The molecule has 0 N–H and O–H groups in total. The summed E-state index contributed by atoms with van der Waals surface area (Å²) in [5.74, 6) is 0.682. The molecule has 3 aliphatic rings. The minimum atomic E-state index is -0.114. The highest BCUT2D eigenvalue weighted by Crippen LogP contribution is 2.37. The molecule has 132 valence electrons. The lowest BCUT2D eigenvalue weighted by molar-refractivity contribution is -0.143. The van der Waals surface area contributed by atoms with Crippen LogP contribution in [-0.4, -0.2) is 87.1 Å². The van der Waals surface area contributed by atoms with Gasteiger partial charge in [0.25, 0.3) is 0 Å². The van der Waals surface area contributed by atoms with Crippen LogP contribution in [-0.2, 0) is 19.0 Å². The molecular formula is C17H30N2O4. The Hall–Kier alpha value is -0.690. The zero-order valence-electron chi connectivity index (χ0n) is 14.3. The number of rotatable bonds is 5. The van der Waals surface area contributed by atoms with E-state index in [2.05, 4.69) is 4.90 Å². The van der Waals surface area contributed by atoms with Crippen molar-refractivity contribution >= 4 is 5.91 Å². The van der Waals surface area contributed by atoms with E-state index in [0.29, 0.717) is 12.5 Å². The summed E-state index contributed by atoms with van der Waals surface area (Å²) in [6.07, 6.45) is 3.18. The third-order valence-corrected chi connectivity index (χ3v) is 5.23. The first-order valence-corrected chi connectivity index (χ1v) is 9.00. The van der Waals surface area contributed by atoms with Crippen molar-refractivity contribution in [3.63, 3.8) is 0 Å². The zero-order valence-corrected chi connectivity index (χ0v) is 14.3. The van der Waals surface area contributed by atoms with Crippen LogP contribution in [0.15, 0.2) is 0 Å². The van der Waals surface area contributed by atoms with Crippen molar-refractivity contribution in [3.8, 4) is 0 Å². The zero-order chi connectivity index (χ0) is 16.1. The van der Waals surface area contributed by atoms with Crippen LogP contribution in [0.2, 0.25) is 0 Å². The molecule has 1 spiro atoms. The number of nitrogens with zero attached hydrogens (tertiary/aromatic N) is 2. The van der Waals surface area contributed by atoms with E-state index in [4.69, 9.17) is 14.2 Å². The summed E-state index contributed by atoms with van der Waals surface area (Å²) in [5.41, 5.74) is -0.114. The first-order chi connectivity index (χ1) is 11.2. The lowest BCUT2D eigenvalue weighted by Crippen LogP contribution is -2.51. The molecule has 2 atom stereocenters. The van der Waals surface area contributed by atoms with Crippen LogP contribution in [0.3, 0.4) is 0 Å². The smallest absolute Gasteiger partial charge is 0.248 e. The average Bonchev–Trinajstić information content (AvgIpc) is 2.95. The molecule has 3 saturated heterocycles. The quantitative estimate of drug-likeness (QED) is 0.746. The summed E-state index contributed by atoms with van der Waals surface area (Å²) in [7, 11) is 0. The van der Waals surface area contributed by atoms with Gasteiger partial charge in [0.1, 0.15) is 6.61 Å². The summed E-state index contributed by atoms with van der Waals surface area (Å²) in [4.78, 5) is 16.6. The molecule has 0 saturated carbocycles. The van der Waals surface area contributed by atoms with Crippen LogP contribution in [0.4, 0.5) is 0 Å². The molecule has 3 rings (SSSR count). The second-order valence-electron chi connectivity index (χ2n) is 7.03. The lowest BCUT2D eigenvalue weighted by atomic mass is 9.86. The van der Waals surface area contributed by atoms with E-state index < -0.39 is 0 Å². The van der Waals surface area contributed by atoms with Crippen molar-refractivity contribution in [1.29, 1.82) is 0 Å². The van der Waals surface area contributed by atoms with Crippen molar-refractivity contribution < 1.29 is 19.0 Å². The first-order valence-electron chi connectivity index (χ1n) is 9.00. The van der Waals surface area contributed by atoms with E-state index in [0.717, 1.165) is 71.8 Å². The Balaban J connectivity index is 1.50. The minimum Gasteiger partial charge on any atom is -0.379 e. The predicted octanol–water partition coefficient (Wildman–Crippen LogP) is 0.753. The normalized spacial score (nSPS) is 32.6. The van der Waals surface area contributed by atoms with Crippen molar-refractivity contribution in [3.05, 3.63) is 0 Å². The maximum absolute atomic E-state index is 12.2. The topological polar surface area (TPSA) is 51.2 Å². The fourth-order valence-corrected chi connectivity index (χ4v) is 4.08. The SMILES string of the molecule is CCOCC(=O)N1CCC[C@]2(C[C@H](CN3CCOCC3)CO2)C1. The number of piperidine rings is 1. The highest BCUT2D eigenvalue weighted by molar-refractivity contribution is 5.77. The molecular weight excluding hydrogens is 296 g/mol. The van der Waals surface area contributed by atoms with Crippen molar-refractivity contribution in [1.82, 2.24) is 9.80 Å². The molecule has 0 aromatic rings. The number of morpholine rings is 1. The molecule has 0 radical (unpaired) electrons. The Morgan fingerprint density at radius 1 is 1.30 bits per heavy atom. The van der Waals surface area contributed by atoms with Gasteiger partial charge in [0.2, 0.25) is 5.91 Å². The monoisotopic (exact) mass is 326 g/mol.